The van der Waals surface area contributed by atoms with Gasteiger partial charge < -0.3 is 14.5 Å². The average Bonchev–Trinajstić information content (AvgIpc) is 2.84. The maximum atomic E-state index is 12.1. The smallest absolute Gasteiger partial charge is 0.257 e. The summed E-state index contributed by atoms with van der Waals surface area (Å²) in [4.78, 5) is 17.7. The number of aliphatic hydroxyl groups is 1. The molecule has 0 saturated carbocycles. The number of likely N-dealkylation sites (N-methyl/N-ethyl adjacent to an activating group) is 1. The van der Waals surface area contributed by atoms with Crippen molar-refractivity contribution < 1.29 is 14.4 Å². The van der Waals surface area contributed by atoms with Crippen LogP contribution in [-0.4, -0.2) is 45.8 Å². The summed E-state index contributed by atoms with van der Waals surface area (Å²) in [7, 11) is 1.66. The summed E-state index contributed by atoms with van der Waals surface area (Å²) in [6, 6.07) is 6.93. The zero-order valence-corrected chi connectivity index (χ0v) is 11.7. The molecule has 0 aliphatic heterocycles. The van der Waals surface area contributed by atoms with Gasteiger partial charge in [-0.05, 0) is 38.1 Å². The molecule has 1 atom stereocenters. The first-order valence-corrected chi connectivity index (χ1v) is 6.31. The van der Waals surface area contributed by atoms with Gasteiger partial charge in [-0.25, -0.2) is 0 Å². The molecule has 0 spiro atoms. The number of aromatic nitrogens is 2. The third kappa shape index (κ3) is 3.21. The van der Waals surface area contributed by atoms with Gasteiger partial charge >= 0.3 is 0 Å². The van der Waals surface area contributed by atoms with Crippen LogP contribution < -0.4 is 0 Å². The first kappa shape index (κ1) is 14.2. The van der Waals surface area contributed by atoms with Crippen LogP contribution in [0, 0.1) is 6.92 Å². The van der Waals surface area contributed by atoms with Crippen molar-refractivity contribution in [1.82, 2.24) is 15.0 Å². The van der Waals surface area contributed by atoms with Crippen LogP contribution in [-0.2, 0) is 0 Å². The zero-order valence-electron chi connectivity index (χ0n) is 11.7. The van der Waals surface area contributed by atoms with Gasteiger partial charge in [0.15, 0.2) is 5.82 Å². The molecular weight excluding hydrogens is 258 g/mol. The number of nitrogens with zero attached hydrogens (tertiary/aromatic N) is 3. The van der Waals surface area contributed by atoms with E-state index in [2.05, 4.69) is 10.1 Å². The summed E-state index contributed by atoms with van der Waals surface area (Å²) in [5.74, 6) is 0.856. The van der Waals surface area contributed by atoms with E-state index in [1.165, 1.54) is 4.90 Å². The molecule has 0 aliphatic rings. The van der Waals surface area contributed by atoms with Crippen LogP contribution in [0.5, 0.6) is 0 Å². The van der Waals surface area contributed by atoms with Crippen LogP contribution in [0.1, 0.15) is 23.1 Å². The van der Waals surface area contributed by atoms with Gasteiger partial charge in [-0.15, -0.1) is 0 Å². The zero-order chi connectivity index (χ0) is 14.7. The Kier molecular flexibility index (Phi) is 4.14. The number of amides is 1. The Morgan fingerprint density at radius 1 is 1.40 bits per heavy atom. The molecule has 0 saturated heterocycles. The van der Waals surface area contributed by atoms with Gasteiger partial charge in [0.1, 0.15) is 0 Å². The Morgan fingerprint density at radius 3 is 2.55 bits per heavy atom. The lowest BCUT2D eigenvalue weighted by Gasteiger charge is -2.18. The minimum absolute atomic E-state index is 0.140. The van der Waals surface area contributed by atoms with Gasteiger partial charge in [0, 0.05) is 24.7 Å². The van der Waals surface area contributed by atoms with Gasteiger partial charge in [0.2, 0.25) is 0 Å². The summed E-state index contributed by atoms with van der Waals surface area (Å²) in [5.41, 5.74) is 1.31. The molecule has 106 valence electrons. The number of aliphatic hydroxyl groups excluding tert-OH is 1. The first-order chi connectivity index (χ1) is 9.47. The highest BCUT2D eigenvalue weighted by Crippen LogP contribution is 2.18. The lowest BCUT2D eigenvalue weighted by molar-refractivity contribution is 0.0703. The Hall–Kier alpha value is -2.21. The van der Waals surface area contributed by atoms with Crippen molar-refractivity contribution in [2.45, 2.75) is 20.0 Å². The van der Waals surface area contributed by atoms with E-state index in [4.69, 9.17) is 4.52 Å². The fraction of sp³-hybridized carbons (Fsp3) is 0.357. The Labute approximate surface area is 117 Å². The van der Waals surface area contributed by atoms with Crippen LogP contribution in [0.25, 0.3) is 11.5 Å². The largest absolute Gasteiger partial charge is 0.392 e. The second kappa shape index (κ2) is 5.83. The van der Waals surface area contributed by atoms with Crippen molar-refractivity contribution in [3.63, 3.8) is 0 Å². The lowest BCUT2D eigenvalue weighted by atomic mass is 10.1. The maximum absolute atomic E-state index is 12.1. The molecule has 1 unspecified atom stereocenters. The molecule has 1 aromatic heterocycles. The molecule has 0 bridgehead atoms. The molecule has 2 aromatic rings. The average molecular weight is 275 g/mol. The SMILES string of the molecule is Cc1noc(-c2ccc(C(=O)N(C)CC(C)O)cc2)n1. The summed E-state index contributed by atoms with van der Waals surface area (Å²) in [5, 5.41) is 13.0. The molecule has 1 N–H and O–H groups in total. The number of hydrogen-bond donors (Lipinski definition) is 1. The van der Waals surface area contributed by atoms with Crippen LogP contribution >= 0.6 is 0 Å². The molecule has 6 heteroatoms. The molecule has 0 aliphatic carbocycles. The van der Waals surface area contributed by atoms with Gasteiger partial charge in [-0.1, -0.05) is 5.16 Å². The van der Waals surface area contributed by atoms with E-state index in [9.17, 15) is 9.90 Å². The highest BCUT2D eigenvalue weighted by Gasteiger charge is 2.14. The molecule has 1 amide bonds. The van der Waals surface area contributed by atoms with Gasteiger partial charge in [0.05, 0.1) is 6.10 Å². The van der Waals surface area contributed by atoms with E-state index in [1.54, 1.807) is 45.2 Å². The standard InChI is InChI=1S/C14H17N3O3/c1-9(18)8-17(3)14(19)12-6-4-11(5-7-12)13-15-10(2)16-20-13/h4-7,9,18H,8H2,1-3H3. The highest BCUT2D eigenvalue weighted by molar-refractivity contribution is 5.94. The number of carbonyl (C=O) groups excluding carboxylic acids is 1. The van der Waals surface area contributed by atoms with Crippen molar-refractivity contribution in [2.75, 3.05) is 13.6 Å². The third-order valence-electron chi connectivity index (χ3n) is 2.79. The monoisotopic (exact) mass is 275 g/mol. The third-order valence-corrected chi connectivity index (χ3v) is 2.79. The Morgan fingerprint density at radius 2 is 2.05 bits per heavy atom. The van der Waals surface area contributed by atoms with E-state index in [0.717, 1.165) is 5.56 Å². The highest BCUT2D eigenvalue weighted by atomic mass is 16.5. The second-order valence-corrected chi connectivity index (χ2v) is 4.76. The topological polar surface area (TPSA) is 79.5 Å². The van der Waals surface area contributed by atoms with E-state index in [0.29, 0.717) is 23.8 Å². The minimum atomic E-state index is -0.551. The van der Waals surface area contributed by atoms with Crippen LogP contribution in [0.15, 0.2) is 28.8 Å². The summed E-state index contributed by atoms with van der Waals surface area (Å²) >= 11 is 0. The summed E-state index contributed by atoms with van der Waals surface area (Å²) in [6.45, 7) is 3.68. The van der Waals surface area contributed by atoms with E-state index < -0.39 is 6.10 Å². The van der Waals surface area contributed by atoms with Crippen molar-refractivity contribution in [1.29, 1.82) is 0 Å². The van der Waals surface area contributed by atoms with Crippen molar-refractivity contribution in [3.05, 3.63) is 35.7 Å². The number of carbonyl (C=O) groups is 1. The molecule has 20 heavy (non-hydrogen) atoms. The molecular formula is C14H17N3O3. The summed E-state index contributed by atoms with van der Waals surface area (Å²) in [6.07, 6.45) is -0.551. The van der Waals surface area contributed by atoms with Crippen molar-refractivity contribution >= 4 is 5.91 Å². The normalized spacial score (nSPS) is 12.2. The second-order valence-electron chi connectivity index (χ2n) is 4.76. The van der Waals surface area contributed by atoms with E-state index in [1.807, 2.05) is 0 Å². The predicted molar refractivity (Wildman–Crippen MR) is 73.1 cm³/mol. The van der Waals surface area contributed by atoms with Gasteiger partial charge in [-0.3, -0.25) is 4.79 Å². The van der Waals surface area contributed by atoms with Crippen molar-refractivity contribution in [3.8, 4) is 11.5 Å². The van der Waals surface area contributed by atoms with Crippen LogP contribution in [0.3, 0.4) is 0 Å². The molecule has 0 fully saturated rings. The molecule has 6 nitrogen and oxygen atoms in total. The van der Waals surface area contributed by atoms with Crippen LogP contribution in [0.4, 0.5) is 0 Å². The lowest BCUT2D eigenvalue weighted by Crippen LogP contribution is -2.32. The number of rotatable bonds is 4. The Balaban J connectivity index is 2.14. The Bertz CT molecular complexity index is 590. The fourth-order valence-corrected chi connectivity index (χ4v) is 1.87. The van der Waals surface area contributed by atoms with Gasteiger partial charge in [-0.2, -0.15) is 4.98 Å². The molecule has 0 radical (unpaired) electrons. The molecule has 2 rings (SSSR count). The number of hydrogen-bond acceptors (Lipinski definition) is 5. The van der Waals surface area contributed by atoms with E-state index >= 15 is 0 Å². The number of benzene rings is 1. The van der Waals surface area contributed by atoms with E-state index in [-0.39, 0.29) is 5.91 Å². The fourth-order valence-electron chi connectivity index (χ4n) is 1.87. The first-order valence-electron chi connectivity index (χ1n) is 6.31. The maximum Gasteiger partial charge on any atom is 0.257 e. The molecule has 1 heterocycles. The molecule has 1 aromatic carbocycles. The van der Waals surface area contributed by atoms with Gasteiger partial charge in [0.25, 0.3) is 11.8 Å². The minimum Gasteiger partial charge on any atom is -0.392 e. The van der Waals surface area contributed by atoms with Crippen LogP contribution in [0.2, 0.25) is 0 Å². The summed E-state index contributed by atoms with van der Waals surface area (Å²) < 4.78 is 5.06. The van der Waals surface area contributed by atoms with Crippen molar-refractivity contribution in [2.24, 2.45) is 0 Å². The quantitative estimate of drug-likeness (QED) is 0.914. The predicted octanol–water partition coefficient (Wildman–Crippen LogP) is 1.50. The number of aryl methyl sites for hydroxylation is 1.